The fourth-order valence-corrected chi connectivity index (χ4v) is 3.69. The monoisotopic (exact) mass is 459 g/mol. The first-order chi connectivity index (χ1) is 15.8. The SMILES string of the molecule is O=C(Nc1c[nH]c2cc(F)c(F)cc12)c1cn(-c2ccnc(N3CCC(F)(F)CC3)c2)nn1. The van der Waals surface area contributed by atoms with Crippen molar-refractivity contribution in [1.82, 2.24) is 25.0 Å². The number of anilines is 2. The van der Waals surface area contributed by atoms with Gasteiger partial charge in [0.25, 0.3) is 11.8 Å². The van der Waals surface area contributed by atoms with E-state index in [0.717, 1.165) is 12.1 Å². The van der Waals surface area contributed by atoms with Gasteiger partial charge < -0.3 is 15.2 Å². The number of nitrogens with zero attached hydrogens (tertiary/aromatic N) is 5. The van der Waals surface area contributed by atoms with Crippen molar-refractivity contribution in [2.75, 3.05) is 23.3 Å². The summed E-state index contributed by atoms with van der Waals surface area (Å²) in [6, 6.07) is 5.32. The lowest BCUT2D eigenvalue weighted by Gasteiger charge is -2.32. The van der Waals surface area contributed by atoms with Gasteiger partial charge in [-0.15, -0.1) is 5.10 Å². The summed E-state index contributed by atoms with van der Waals surface area (Å²) in [4.78, 5) is 21.4. The molecule has 33 heavy (non-hydrogen) atoms. The number of carbonyl (C=O) groups excluding carboxylic acids is 1. The third-order valence-electron chi connectivity index (χ3n) is 5.51. The molecule has 3 aromatic heterocycles. The third-order valence-corrected chi connectivity index (χ3v) is 5.51. The Hall–Kier alpha value is -3.96. The number of aromatic nitrogens is 5. The molecular weight excluding hydrogens is 442 g/mol. The number of carbonyl (C=O) groups is 1. The number of amides is 1. The molecule has 1 aliphatic rings. The second-order valence-corrected chi connectivity index (χ2v) is 7.73. The largest absolute Gasteiger partial charge is 0.359 e. The Labute approximate surface area is 184 Å². The Morgan fingerprint density at radius 1 is 1.12 bits per heavy atom. The number of hydrogen-bond donors (Lipinski definition) is 2. The standard InChI is InChI=1S/C21H17F4N7O/c22-14-8-13-16(9-15(14)23)27-10-17(13)28-20(33)18-11-32(30-29-18)12-1-4-26-19(7-12)31-5-2-21(24,25)3-6-31/h1,4,7-11,27H,2-3,5-6H2,(H,28,33). The predicted molar refractivity (Wildman–Crippen MR) is 112 cm³/mol. The summed E-state index contributed by atoms with van der Waals surface area (Å²) < 4.78 is 55.2. The summed E-state index contributed by atoms with van der Waals surface area (Å²) >= 11 is 0. The maximum atomic E-state index is 13.6. The van der Waals surface area contributed by atoms with Crippen molar-refractivity contribution in [2.24, 2.45) is 0 Å². The van der Waals surface area contributed by atoms with E-state index in [0.29, 0.717) is 22.4 Å². The first kappa shape index (κ1) is 20.9. The number of hydrogen-bond acceptors (Lipinski definition) is 5. The molecule has 2 N–H and O–H groups in total. The number of rotatable bonds is 4. The van der Waals surface area contributed by atoms with Crippen LogP contribution in [0.4, 0.5) is 29.1 Å². The molecular formula is C21H17F4N7O. The third kappa shape index (κ3) is 4.11. The molecule has 0 radical (unpaired) electrons. The van der Waals surface area contributed by atoms with Crippen molar-refractivity contribution in [2.45, 2.75) is 18.8 Å². The normalized spacial score (nSPS) is 15.7. The highest BCUT2D eigenvalue weighted by molar-refractivity contribution is 6.07. The highest BCUT2D eigenvalue weighted by Gasteiger charge is 2.34. The van der Waals surface area contributed by atoms with Crippen molar-refractivity contribution in [3.63, 3.8) is 0 Å². The lowest BCUT2D eigenvalue weighted by atomic mass is 10.1. The van der Waals surface area contributed by atoms with Gasteiger partial charge in [-0.05, 0) is 12.1 Å². The van der Waals surface area contributed by atoms with E-state index in [1.807, 2.05) is 0 Å². The van der Waals surface area contributed by atoms with Crippen LogP contribution in [0.2, 0.25) is 0 Å². The van der Waals surface area contributed by atoms with Gasteiger partial charge in [0.1, 0.15) is 5.82 Å². The van der Waals surface area contributed by atoms with Crippen LogP contribution in [0.5, 0.6) is 0 Å². The smallest absolute Gasteiger partial charge is 0.277 e. The number of aromatic amines is 1. The second kappa shape index (κ2) is 7.87. The number of halogens is 4. The van der Waals surface area contributed by atoms with E-state index in [-0.39, 0.29) is 37.3 Å². The van der Waals surface area contributed by atoms with E-state index in [1.54, 1.807) is 17.0 Å². The van der Waals surface area contributed by atoms with Gasteiger partial charge in [-0.25, -0.2) is 27.2 Å². The van der Waals surface area contributed by atoms with Gasteiger partial charge in [-0.1, -0.05) is 5.21 Å². The molecule has 5 rings (SSSR count). The Morgan fingerprint density at radius 3 is 2.67 bits per heavy atom. The summed E-state index contributed by atoms with van der Waals surface area (Å²) in [5.74, 6) is -4.76. The molecule has 170 valence electrons. The van der Waals surface area contributed by atoms with Gasteiger partial charge in [0.15, 0.2) is 17.3 Å². The molecule has 4 heterocycles. The molecule has 4 aromatic rings. The van der Waals surface area contributed by atoms with Gasteiger partial charge in [-0.3, -0.25) is 4.79 Å². The molecule has 1 amide bonds. The highest BCUT2D eigenvalue weighted by Crippen LogP contribution is 2.30. The van der Waals surface area contributed by atoms with Crippen LogP contribution in [0.1, 0.15) is 23.3 Å². The number of alkyl halides is 2. The second-order valence-electron chi connectivity index (χ2n) is 7.73. The first-order valence-electron chi connectivity index (χ1n) is 10.1. The number of piperidine rings is 1. The first-order valence-corrected chi connectivity index (χ1v) is 10.1. The van der Waals surface area contributed by atoms with Crippen LogP contribution in [0.15, 0.2) is 42.9 Å². The summed E-state index contributed by atoms with van der Waals surface area (Å²) in [5.41, 5.74) is 1.13. The minimum Gasteiger partial charge on any atom is -0.359 e. The fraction of sp³-hybridized carbons (Fsp3) is 0.238. The lowest BCUT2D eigenvalue weighted by molar-refractivity contribution is -0.0221. The zero-order valence-electron chi connectivity index (χ0n) is 17.0. The van der Waals surface area contributed by atoms with E-state index in [1.165, 1.54) is 23.3 Å². The molecule has 0 unspecified atom stereocenters. The van der Waals surface area contributed by atoms with Crippen molar-refractivity contribution >= 4 is 28.3 Å². The van der Waals surface area contributed by atoms with Gasteiger partial charge in [0, 0.05) is 55.8 Å². The zero-order valence-corrected chi connectivity index (χ0v) is 17.0. The maximum Gasteiger partial charge on any atom is 0.277 e. The topological polar surface area (TPSA) is 91.7 Å². The van der Waals surface area contributed by atoms with Gasteiger partial charge >= 0.3 is 0 Å². The molecule has 0 aliphatic carbocycles. The number of pyridine rings is 1. The van der Waals surface area contributed by atoms with Crippen LogP contribution in [-0.4, -0.2) is 49.9 Å². The minimum absolute atomic E-state index is 0.0112. The summed E-state index contributed by atoms with van der Waals surface area (Å²) in [6.45, 7) is 0.368. The van der Waals surface area contributed by atoms with Gasteiger partial charge in [0.2, 0.25) is 0 Å². The molecule has 1 saturated heterocycles. The molecule has 12 heteroatoms. The summed E-state index contributed by atoms with van der Waals surface area (Å²) in [7, 11) is 0. The molecule has 1 fully saturated rings. The van der Waals surface area contributed by atoms with Gasteiger partial charge in [-0.2, -0.15) is 0 Å². The van der Waals surface area contributed by atoms with Gasteiger partial charge in [0.05, 0.1) is 23.1 Å². The van der Waals surface area contributed by atoms with Crippen LogP contribution in [0, 0.1) is 11.6 Å². The van der Waals surface area contributed by atoms with Crippen LogP contribution in [0.25, 0.3) is 16.6 Å². The zero-order chi connectivity index (χ0) is 23.2. The van der Waals surface area contributed by atoms with Crippen molar-refractivity contribution < 1.29 is 22.4 Å². The summed E-state index contributed by atoms with van der Waals surface area (Å²) in [6.07, 6.45) is 3.86. The maximum absolute atomic E-state index is 13.6. The van der Waals surface area contributed by atoms with E-state index in [9.17, 15) is 22.4 Å². The Morgan fingerprint density at radius 2 is 1.88 bits per heavy atom. The number of nitrogens with one attached hydrogen (secondary N) is 2. The molecule has 0 saturated carbocycles. The Kier molecular flexibility index (Phi) is 4.99. The number of fused-ring (bicyclic) bond motifs is 1. The summed E-state index contributed by atoms with van der Waals surface area (Å²) in [5, 5.41) is 10.7. The quantitative estimate of drug-likeness (QED) is 0.452. The van der Waals surface area contributed by atoms with E-state index in [2.05, 4.69) is 25.6 Å². The molecule has 0 spiro atoms. The van der Waals surface area contributed by atoms with E-state index >= 15 is 0 Å². The predicted octanol–water partition coefficient (Wildman–Crippen LogP) is 3.91. The van der Waals surface area contributed by atoms with Crippen molar-refractivity contribution in [3.8, 4) is 5.69 Å². The average Bonchev–Trinajstić information content (AvgIpc) is 3.42. The Balaban J connectivity index is 1.33. The fourth-order valence-electron chi connectivity index (χ4n) is 3.69. The van der Waals surface area contributed by atoms with Crippen molar-refractivity contribution in [3.05, 3.63) is 60.2 Å². The Bertz CT molecular complexity index is 1340. The van der Waals surface area contributed by atoms with Crippen LogP contribution in [-0.2, 0) is 0 Å². The average molecular weight is 459 g/mol. The molecule has 1 aliphatic heterocycles. The molecule has 0 bridgehead atoms. The van der Waals surface area contributed by atoms with E-state index < -0.39 is 23.5 Å². The van der Waals surface area contributed by atoms with Crippen LogP contribution >= 0.6 is 0 Å². The number of benzene rings is 1. The van der Waals surface area contributed by atoms with Crippen LogP contribution < -0.4 is 10.2 Å². The molecule has 0 atom stereocenters. The highest BCUT2D eigenvalue weighted by atomic mass is 19.3. The lowest BCUT2D eigenvalue weighted by Crippen LogP contribution is -2.39. The van der Waals surface area contributed by atoms with Crippen LogP contribution in [0.3, 0.4) is 0 Å². The van der Waals surface area contributed by atoms with Crippen molar-refractivity contribution in [1.29, 1.82) is 0 Å². The van der Waals surface area contributed by atoms with E-state index in [4.69, 9.17) is 0 Å². The number of H-pyrrole nitrogens is 1. The molecule has 8 nitrogen and oxygen atoms in total. The minimum atomic E-state index is -2.66. The molecule has 1 aromatic carbocycles.